The van der Waals surface area contributed by atoms with E-state index in [0.717, 1.165) is 0 Å². The van der Waals surface area contributed by atoms with Crippen LogP contribution in [0.5, 0.6) is 0 Å². The molecule has 0 saturated carbocycles. The van der Waals surface area contributed by atoms with Gasteiger partial charge in [0.15, 0.2) is 0 Å². The predicted molar refractivity (Wildman–Crippen MR) is 43.8 cm³/mol. The highest BCUT2D eigenvalue weighted by Crippen LogP contribution is 1.82. The van der Waals surface area contributed by atoms with Gasteiger partial charge < -0.3 is 16.6 Å². The van der Waals surface area contributed by atoms with Crippen molar-refractivity contribution in [2.45, 2.75) is 12.5 Å². The van der Waals surface area contributed by atoms with E-state index in [1.54, 1.807) is 0 Å². The van der Waals surface area contributed by atoms with Crippen molar-refractivity contribution < 1.29 is 9.90 Å². The molecule has 0 amide bonds. The summed E-state index contributed by atoms with van der Waals surface area (Å²) in [6.07, 6.45) is 0.343. The van der Waals surface area contributed by atoms with E-state index < -0.39 is 12.0 Å². The maximum atomic E-state index is 9.91. The minimum Gasteiger partial charge on any atom is -0.480 e. The molecular weight excluding hydrogens is 179 g/mol. The summed E-state index contributed by atoms with van der Waals surface area (Å²) in [6.45, 7) is 0.327. The van der Waals surface area contributed by atoms with Crippen LogP contribution >= 0.6 is 24.8 Å². The molecule has 0 unspecified atom stereocenters. The van der Waals surface area contributed by atoms with Crippen LogP contribution in [0.4, 0.5) is 0 Å². The molecular formula is C4H12Cl2N2O2. The number of hydrogen-bond acceptors (Lipinski definition) is 3. The molecule has 6 heteroatoms. The Morgan fingerprint density at radius 3 is 2.00 bits per heavy atom. The highest BCUT2D eigenvalue weighted by atomic mass is 35.5. The second kappa shape index (κ2) is 8.97. The van der Waals surface area contributed by atoms with Crippen molar-refractivity contribution in [1.29, 1.82) is 0 Å². The minimum atomic E-state index is -0.990. The van der Waals surface area contributed by atoms with E-state index in [2.05, 4.69) is 0 Å². The van der Waals surface area contributed by atoms with E-state index in [0.29, 0.717) is 13.0 Å². The van der Waals surface area contributed by atoms with Gasteiger partial charge in [0.05, 0.1) is 0 Å². The van der Waals surface area contributed by atoms with Gasteiger partial charge in [-0.05, 0) is 13.0 Å². The van der Waals surface area contributed by atoms with Gasteiger partial charge in [-0.25, -0.2) is 0 Å². The van der Waals surface area contributed by atoms with Gasteiger partial charge in [0.1, 0.15) is 6.04 Å². The van der Waals surface area contributed by atoms with Crippen LogP contribution in [0.3, 0.4) is 0 Å². The maximum absolute atomic E-state index is 9.91. The molecule has 0 aromatic rings. The van der Waals surface area contributed by atoms with E-state index >= 15 is 0 Å². The Morgan fingerprint density at radius 2 is 1.90 bits per heavy atom. The molecule has 0 spiro atoms. The van der Waals surface area contributed by atoms with Crippen LogP contribution < -0.4 is 11.5 Å². The van der Waals surface area contributed by atoms with Crippen LogP contribution in [-0.2, 0) is 4.79 Å². The van der Waals surface area contributed by atoms with Gasteiger partial charge in [-0.2, -0.15) is 0 Å². The van der Waals surface area contributed by atoms with E-state index in [9.17, 15) is 4.79 Å². The zero-order valence-corrected chi connectivity index (χ0v) is 6.95. The number of carboxylic acid groups (broad SMARTS) is 1. The molecule has 1 atom stereocenters. The lowest BCUT2D eigenvalue weighted by Gasteiger charge is -2.00. The highest BCUT2D eigenvalue weighted by molar-refractivity contribution is 5.85. The Kier molecular flexibility index (Phi) is 14.8. The molecule has 0 saturated heterocycles. The fraction of sp³-hybridized carbons (Fsp3) is 0.750. The zero-order valence-electron chi connectivity index (χ0n) is 5.32. The van der Waals surface area contributed by atoms with Crippen LogP contribution in [-0.4, -0.2) is 23.7 Å². The smallest absolute Gasteiger partial charge is 0.320 e. The van der Waals surface area contributed by atoms with Crippen molar-refractivity contribution in [3.63, 3.8) is 0 Å². The van der Waals surface area contributed by atoms with E-state index in [4.69, 9.17) is 16.6 Å². The molecule has 0 aliphatic carbocycles. The summed E-state index contributed by atoms with van der Waals surface area (Å²) in [5.74, 6) is -0.990. The number of nitrogens with two attached hydrogens (primary N) is 2. The molecule has 0 radical (unpaired) electrons. The Bertz CT molecular complexity index is 91.3. The van der Waals surface area contributed by atoms with Crippen LogP contribution in [0.25, 0.3) is 0 Å². The Hall–Kier alpha value is -0.0300. The molecule has 0 aromatic heterocycles. The Labute approximate surface area is 71.8 Å². The Balaban J connectivity index is -0.000000245. The predicted octanol–water partition coefficient (Wildman–Crippen LogP) is -0.409. The molecule has 0 aliphatic heterocycles. The van der Waals surface area contributed by atoms with Gasteiger partial charge in [0.2, 0.25) is 0 Å². The summed E-state index contributed by atoms with van der Waals surface area (Å²) in [5.41, 5.74) is 10.1. The molecule has 0 aromatic carbocycles. The first kappa shape index (κ1) is 16.5. The van der Waals surface area contributed by atoms with E-state index in [-0.39, 0.29) is 24.8 Å². The summed E-state index contributed by atoms with van der Waals surface area (Å²) >= 11 is 0. The molecule has 0 rings (SSSR count). The SMILES string of the molecule is Cl.Cl.NCC[C@H](N)C(=O)O. The van der Waals surface area contributed by atoms with Crippen molar-refractivity contribution in [2.75, 3.05) is 6.54 Å². The number of halogens is 2. The number of aliphatic carboxylic acids is 1. The van der Waals surface area contributed by atoms with Crippen molar-refractivity contribution in [2.24, 2.45) is 11.5 Å². The quantitative estimate of drug-likeness (QED) is 0.565. The van der Waals surface area contributed by atoms with Crippen molar-refractivity contribution >= 4 is 30.8 Å². The largest absolute Gasteiger partial charge is 0.480 e. The molecule has 10 heavy (non-hydrogen) atoms. The molecule has 0 fully saturated rings. The van der Waals surface area contributed by atoms with Crippen molar-refractivity contribution in [3.05, 3.63) is 0 Å². The first-order valence-electron chi connectivity index (χ1n) is 2.37. The average Bonchev–Trinajstić information content (AvgIpc) is 1.67. The lowest BCUT2D eigenvalue weighted by Crippen LogP contribution is -2.32. The van der Waals surface area contributed by atoms with Crippen molar-refractivity contribution in [3.8, 4) is 0 Å². The van der Waals surface area contributed by atoms with E-state index in [1.807, 2.05) is 0 Å². The average molecular weight is 191 g/mol. The lowest BCUT2D eigenvalue weighted by atomic mass is 10.2. The Morgan fingerprint density at radius 1 is 1.50 bits per heavy atom. The van der Waals surface area contributed by atoms with Gasteiger partial charge in [-0.3, -0.25) is 4.79 Å². The van der Waals surface area contributed by atoms with Crippen LogP contribution in [0.15, 0.2) is 0 Å². The third kappa shape index (κ3) is 7.97. The third-order valence-corrected chi connectivity index (χ3v) is 0.795. The van der Waals surface area contributed by atoms with Crippen LogP contribution in [0.2, 0.25) is 0 Å². The van der Waals surface area contributed by atoms with Crippen LogP contribution in [0.1, 0.15) is 6.42 Å². The molecule has 64 valence electrons. The maximum Gasteiger partial charge on any atom is 0.320 e. The fourth-order valence-electron chi connectivity index (χ4n) is 0.303. The summed E-state index contributed by atoms with van der Waals surface area (Å²) in [6, 6.07) is -0.792. The van der Waals surface area contributed by atoms with Gasteiger partial charge in [-0.15, -0.1) is 24.8 Å². The molecule has 0 aliphatic rings. The summed E-state index contributed by atoms with van der Waals surface area (Å²) in [4.78, 5) is 9.91. The van der Waals surface area contributed by atoms with Gasteiger partial charge in [0, 0.05) is 0 Å². The number of carboxylic acids is 1. The third-order valence-electron chi connectivity index (χ3n) is 0.795. The fourth-order valence-corrected chi connectivity index (χ4v) is 0.303. The second-order valence-corrected chi connectivity index (χ2v) is 1.52. The first-order chi connectivity index (χ1) is 3.68. The molecule has 0 bridgehead atoms. The summed E-state index contributed by atoms with van der Waals surface area (Å²) in [5, 5.41) is 8.13. The number of carbonyl (C=O) groups is 1. The standard InChI is InChI=1S/C4H10N2O2.2ClH/c5-2-1-3(6)4(7)8;;/h3H,1-2,5-6H2,(H,7,8);2*1H/t3-;;/m0../s1. The highest BCUT2D eigenvalue weighted by Gasteiger charge is 2.07. The van der Waals surface area contributed by atoms with Crippen LogP contribution in [0, 0.1) is 0 Å². The second-order valence-electron chi connectivity index (χ2n) is 1.52. The number of hydrogen-bond donors (Lipinski definition) is 3. The lowest BCUT2D eigenvalue weighted by molar-refractivity contribution is -0.138. The summed E-state index contributed by atoms with van der Waals surface area (Å²) in [7, 11) is 0. The van der Waals surface area contributed by atoms with Crippen molar-refractivity contribution in [1.82, 2.24) is 0 Å². The zero-order chi connectivity index (χ0) is 6.57. The first-order valence-corrected chi connectivity index (χ1v) is 2.37. The molecule has 5 N–H and O–H groups in total. The van der Waals surface area contributed by atoms with Gasteiger partial charge in [0.25, 0.3) is 0 Å². The topological polar surface area (TPSA) is 89.3 Å². The monoisotopic (exact) mass is 190 g/mol. The van der Waals surface area contributed by atoms with Gasteiger partial charge in [-0.1, -0.05) is 0 Å². The minimum absolute atomic E-state index is 0. The van der Waals surface area contributed by atoms with E-state index in [1.165, 1.54) is 0 Å². The molecule has 0 heterocycles. The van der Waals surface area contributed by atoms with Gasteiger partial charge >= 0.3 is 5.97 Å². The number of rotatable bonds is 3. The normalized spacial score (nSPS) is 10.6. The summed E-state index contributed by atoms with van der Waals surface area (Å²) < 4.78 is 0. The molecule has 4 nitrogen and oxygen atoms in total.